The summed E-state index contributed by atoms with van der Waals surface area (Å²) >= 11 is 0. The van der Waals surface area contributed by atoms with Crippen LogP contribution in [0.1, 0.15) is 59.8 Å². The van der Waals surface area contributed by atoms with Gasteiger partial charge in [0.25, 0.3) is 5.91 Å². The van der Waals surface area contributed by atoms with Gasteiger partial charge in [-0.3, -0.25) is 4.79 Å². The number of benzene rings is 3. The Bertz CT molecular complexity index is 1610. The van der Waals surface area contributed by atoms with Crippen LogP contribution in [0, 0.1) is 6.92 Å². The number of hydrogen-bond acceptors (Lipinski definition) is 8. The van der Waals surface area contributed by atoms with E-state index < -0.39 is 5.91 Å². The van der Waals surface area contributed by atoms with Gasteiger partial charge in [-0.15, -0.1) is 0 Å². The van der Waals surface area contributed by atoms with Crippen molar-refractivity contribution in [2.75, 3.05) is 6.54 Å². The van der Waals surface area contributed by atoms with Crippen LogP contribution < -0.4 is 14.8 Å². The van der Waals surface area contributed by atoms with Gasteiger partial charge >= 0.3 is 0 Å². The average Bonchev–Trinajstić information content (AvgIpc) is 3.62. The van der Waals surface area contributed by atoms with Crippen LogP contribution in [0.15, 0.2) is 81.8 Å². The third kappa shape index (κ3) is 6.30. The molecule has 41 heavy (non-hydrogen) atoms. The smallest absolute Gasteiger partial charge is 0.274 e. The summed E-state index contributed by atoms with van der Waals surface area (Å²) in [4.78, 5) is 17.3. The van der Waals surface area contributed by atoms with Crippen LogP contribution in [0.2, 0.25) is 0 Å². The van der Waals surface area contributed by atoms with E-state index in [-0.39, 0.29) is 17.4 Å². The van der Waals surface area contributed by atoms with Gasteiger partial charge < -0.3 is 23.8 Å². The van der Waals surface area contributed by atoms with Crippen LogP contribution >= 0.6 is 0 Å². The van der Waals surface area contributed by atoms with E-state index in [1.807, 2.05) is 79.7 Å². The quantitative estimate of drug-likeness (QED) is 0.192. The maximum Gasteiger partial charge on any atom is 0.274 e. The molecule has 0 saturated heterocycles. The van der Waals surface area contributed by atoms with Crippen LogP contribution in [0.3, 0.4) is 0 Å². The predicted octanol–water partition coefficient (Wildman–Crippen LogP) is 6.73. The molecule has 2 heterocycles. The van der Waals surface area contributed by atoms with Gasteiger partial charge in [0.1, 0.15) is 30.3 Å². The summed E-state index contributed by atoms with van der Waals surface area (Å²) in [6, 6.07) is 23.7. The van der Waals surface area contributed by atoms with Gasteiger partial charge in [-0.1, -0.05) is 84.8 Å². The van der Waals surface area contributed by atoms with Gasteiger partial charge in [0.15, 0.2) is 11.5 Å². The fourth-order valence-electron chi connectivity index (χ4n) is 4.40. The molecule has 0 saturated carbocycles. The summed E-state index contributed by atoms with van der Waals surface area (Å²) in [7, 11) is 0. The van der Waals surface area contributed by atoms with E-state index in [9.17, 15) is 4.79 Å². The first-order chi connectivity index (χ1) is 19.9. The first-order valence-electron chi connectivity index (χ1n) is 13.5. The fraction of sp³-hybridized carbons (Fsp3) is 0.250. The van der Waals surface area contributed by atoms with Gasteiger partial charge in [-0.05, 0) is 35.6 Å². The highest BCUT2D eigenvalue weighted by Crippen LogP contribution is 2.44. The second kappa shape index (κ2) is 12.5. The molecule has 0 aliphatic rings. The zero-order chi connectivity index (χ0) is 28.8. The second-order valence-electron chi connectivity index (χ2n) is 9.82. The molecule has 0 bridgehead atoms. The maximum atomic E-state index is 13.0. The highest BCUT2D eigenvalue weighted by atomic mass is 16.5. The molecule has 9 heteroatoms. The van der Waals surface area contributed by atoms with Gasteiger partial charge in [-0.2, -0.15) is 4.98 Å². The number of aromatic nitrogens is 3. The van der Waals surface area contributed by atoms with Crippen molar-refractivity contribution in [3.8, 4) is 34.2 Å². The number of amides is 1. The van der Waals surface area contributed by atoms with Crippen molar-refractivity contribution in [2.24, 2.45) is 0 Å². The lowest BCUT2D eigenvalue weighted by Crippen LogP contribution is -2.23. The predicted molar refractivity (Wildman–Crippen MR) is 154 cm³/mol. The van der Waals surface area contributed by atoms with Crippen molar-refractivity contribution in [2.45, 2.75) is 46.8 Å². The molecule has 2 aromatic heterocycles. The normalized spacial score (nSPS) is 11.0. The zero-order valence-corrected chi connectivity index (χ0v) is 23.5. The molecule has 0 fully saturated rings. The lowest BCUT2D eigenvalue weighted by Gasteiger charge is -2.19. The molecule has 210 valence electrons. The van der Waals surface area contributed by atoms with Crippen molar-refractivity contribution in [3.63, 3.8) is 0 Å². The lowest BCUT2D eigenvalue weighted by molar-refractivity contribution is 0.0947. The first kappa shape index (κ1) is 27.6. The molecular weight excluding hydrogens is 520 g/mol. The molecular formula is C32H32N4O5. The molecule has 0 aliphatic carbocycles. The minimum Gasteiger partial charge on any atom is -0.488 e. The summed E-state index contributed by atoms with van der Waals surface area (Å²) in [5.41, 5.74) is 3.96. The Morgan fingerprint density at radius 1 is 0.878 bits per heavy atom. The largest absolute Gasteiger partial charge is 0.488 e. The number of nitrogens with zero attached hydrogens (tertiary/aromatic N) is 3. The summed E-state index contributed by atoms with van der Waals surface area (Å²) in [6.45, 7) is 8.80. The Hall–Kier alpha value is -4.92. The summed E-state index contributed by atoms with van der Waals surface area (Å²) in [5, 5.41) is 11.0. The van der Waals surface area contributed by atoms with Crippen molar-refractivity contribution in [1.29, 1.82) is 0 Å². The van der Waals surface area contributed by atoms with Crippen LogP contribution in [-0.4, -0.2) is 27.7 Å². The number of aryl methyl sites for hydroxylation is 1. The molecule has 3 aromatic carbocycles. The fourth-order valence-corrected chi connectivity index (χ4v) is 4.40. The van der Waals surface area contributed by atoms with Gasteiger partial charge in [0, 0.05) is 19.5 Å². The van der Waals surface area contributed by atoms with E-state index in [2.05, 4.69) is 34.5 Å². The highest BCUT2D eigenvalue weighted by molar-refractivity contribution is 6.01. The highest BCUT2D eigenvalue weighted by Gasteiger charge is 2.30. The topological polar surface area (TPSA) is 113 Å². The van der Waals surface area contributed by atoms with Crippen LogP contribution in [0.5, 0.6) is 11.5 Å². The Labute approximate surface area is 238 Å². The van der Waals surface area contributed by atoms with Crippen molar-refractivity contribution in [3.05, 3.63) is 101 Å². The summed E-state index contributed by atoms with van der Waals surface area (Å²) in [5.74, 6) is 1.73. The van der Waals surface area contributed by atoms with Crippen LogP contribution in [0.4, 0.5) is 0 Å². The van der Waals surface area contributed by atoms with E-state index >= 15 is 0 Å². The third-order valence-corrected chi connectivity index (χ3v) is 6.45. The Morgan fingerprint density at radius 3 is 2.07 bits per heavy atom. The van der Waals surface area contributed by atoms with Gasteiger partial charge in [-0.25, -0.2) is 0 Å². The van der Waals surface area contributed by atoms with Crippen molar-refractivity contribution in [1.82, 2.24) is 20.6 Å². The second-order valence-corrected chi connectivity index (χ2v) is 9.82. The van der Waals surface area contributed by atoms with Gasteiger partial charge in [0.05, 0.1) is 5.56 Å². The average molecular weight is 553 g/mol. The minimum atomic E-state index is -0.404. The molecule has 9 nitrogen and oxygen atoms in total. The summed E-state index contributed by atoms with van der Waals surface area (Å²) < 4.78 is 23.8. The molecule has 1 N–H and O–H groups in total. The maximum absolute atomic E-state index is 13.0. The van der Waals surface area contributed by atoms with Crippen LogP contribution in [-0.2, 0) is 13.2 Å². The first-order valence-corrected chi connectivity index (χ1v) is 13.5. The molecule has 5 aromatic rings. The minimum absolute atomic E-state index is 0.0622. The molecule has 0 spiro atoms. The Balaban J connectivity index is 1.64. The van der Waals surface area contributed by atoms with Crippen molar-refractivity contribution >= 4 is 5.91 Å². The van der Waals surface area contributed by atoms with E-state index in [1.165, 1.54) is 0 Å². The van der Waals surface area contributed by atoms with Gasteiger partial charge in [0.2, 0.25) is 11.7 Å². The van der Waals surface area contributed by atoms with E-state index in [0.29, 0.717) is 54.0 Å². The zero-order valence-electron chi connectivity index (χ0n) is 23.5. The standard InChI is InChI=1S/C32H32N4O5/c1-5-33-32(37)29-28(31-34-21(4)40-36-31)30(41-35-29)25-16-24(20(2)3)26(38-18-22-12-8-6-9-13-22)17-27(25)39-19-23-14-10-7-11-15-23/h6-17,20H,5,18-19H2,1-4H3,(H,33,37). The number of ether oxygens (including phenoxy) is 2. The molecule has 0 radical (unpaired) electrons. The Morgan fingerprint density at radius 2 is 1.51 bits per heavy atom. The number of hydrogen-bond donors (Lipinski definition) is 1. The summed E-state index contributed by atoms with van der Waals surface area (Å²) in [6.07, 6.45) is 0. The SMILES string of the molecule is CCNC(=O)c1noc(-c2cc(C(C)C)c(OCc3ccccc3)cc2OCc2ccccc2)c1-c1noc(C)n1. The Kier molecular flexibility index (Phi) is 8.43. The van der Waals surface area contributed by atoms with E-state index in [0.717, 1.165) is 16.7 Å². The molecule has 0 aliphatic heterocycles. The number of carbonyl (C=O) groups is 1. The monoisotopic (exact) mass is 552 g/mol. The molecule has 5 rings (SSSR count). The van der Waals surface area contributed by atoms with Crippen LogP contribution in [0.25, 0.3) is 22.7 Å². The van der Waals surface area contributed by atoms with Crippen molar-refractivity contribution < 1.29 is 23.3 Å². The van der Waals surface area contributed by atoms with E-state index in [4.69, 9.17) is 18.5 Å². The molecule has 1 amide bonds. The number of carbonyl (C=O) groups excluding carboxylic acids is 1. The van der Waals surface area contributed by atoms with E-state index in [1.54, 1.807) is 6.92 Å². The lowest BCUT2D eigenvalue weighted by atomic mass is 9.96. The number of rotatable bonds is 11. The number of nitrogens with one attached hydrogen (secondary N) is 1. The third-order valence-electron chi connectivity index (χ3n) is 6.45. The molecule has 0 atom stereocenters. The molecule has 0 unspecified atom stereocenters.